The van der Waals surface area contributed by atoms with Crippen LogP contribution in [0.5, 0.6) is 5.75 Å². The van der Waals surface area contributed by atoms with Crippen LogP contribution in [0.25, 0.3) is 0 Å². The lowest BCUT2D eigenvalue weighted by Crippen LogP contribution is -2.25. The predicted molar refractivity (Wildman–Crippen MR) is 118 cm³/mol. The Kier molecular flexibility index (Phi) is 6.40. The summed E-state index contributed by atoms with van der Waals surface area (Å²) in [4.78, 5) is 0. The highest BCUT2D eigenvalue weighted by atomic mass is 16.3. The zero-order chi connectivity index (χ0) is 19.3. The molecule has 0 unspecified atom stereocenters. The maximum Gasteiger partial charge on any atom is 0.115 e. The lowest BCUT2D eigenvalue weighted by atomic mass is 9.67. The zero-order valence-corrected chi connectivity index (χ0v) is 17.4. The first-order chi connectivity index (χ1) is 13.7. The van der Waals surface area contributed by atoms with Crippen molar-refractivity contribution in [1.82, 2.24) is 0 Å². The van der Waals surface area contributed by atoms with Gasteiger partial charge in [-0.1, -0.05) is 62.2 Å². The summed E-state index contributed by atoms with van der Waals surface area (Å²) < 4.78 is 0. The first kappa shape index (κ1) is 19.6. The van der Waals surface area contributed by atoms with Gasteiger partial charge in [-0.15, -0.1) is 0 Å². The second-order valence-corrected chi connectivity index (χ2v) is 9.53. The average molecular weight is 377 g/mol. The second-order valence-electron chi connectivity index (χ2n) is 9.53. The van der Waals surface area contributed by atoms with Gasteiger partial charge in [0.15, 0.2) is 0 Å². The molecule has 1 atom stereocenters. The molecule has 2 aromatic rings. The van der Waals surface area contributed by atoms with Crippen LogP contribution in [0.3, 0.4) is 0 Å². The van der Waals surface area contributed by atoms with E-state index < -0.39 is 0 Å². The molecule has 0 aliphatic heterocycles. The maximum atomic E-state index is 9.51. The van der Waals surface area contributed by atoms with Crippen LogP contribution < -0.4 is 0 Å². The monoisotopic (exact) mass is 376 g/mol. The normalized spacial score (nSPS) is 29.3. The first-order valence-corrected chi connectivity index (χ1v) is 11.5. The Morgan fingerprint density at radius 3 is 1.93 bits per heavy atom. The number of phenols is 1. The van der Waals surface area contributed by atoms with Gasteiger partial charge < -0.3 is 5.11 Å². The van der Waals surface area contributed by atoms with Crippen LogP contribution in [0.15, 0.2) is 54.6 Å². The molecule has 1 N–H and O–H groups in total. The van der Waals surface area contributed by atoms with E-state index >= 15 is 0 Å². The number of phenolic OH excluding ortho intramolecular Hbond substituents is 1. The summed E-state index contributed by atoms with van der Waals surface area (Å²) in [6.07, 6.45) is 12.6. The fourth-order valence-electron chi connectivity index (χ4n) is 5.98. The SMILES string of the molecule is C[C@@H](CC1CCC(C2CCC(c3ccc(O)cc3)CC2)CC1)c1ccccc1. The van der Waals surface area contributed by atoms with Gasteiger partial charge in [0, 0.05) is 0 Å². The number of aromatic hydroxyl groups is 1. The summed E-state index contributed by atoms with van der Waals surface area (Å²) in [6, 6.07) is 19.0. The Morgan fingerprint density at radius 2 is 1.32 bits per heavy atom. The van der Waals surface area contributed by atoms with Crippen molar-refractivity contribution in [2.45, 2.75) is 76.5 Å². The Bertz CT molecular complexity index is 704. The quantitative estimate of drug-likeness (QED) is 0.567. The third-order valence-corrected chi connectivity index (χ3v) is 7.75. The van der Waals surface area contributed by atoms with Crippen LogP contribution in [0.2, 0.25) is 0 Å². The number of hydrogen-bond donors (Lipinski definition) is 1. The van der Waals surface area contributed by atoms with Gasteiger partial charge in [0.25, 0.3) is 0 Å². The van der Waals surface area contributed by atoms with Gasteiger partial charge >= 0.3 is 0 Å². The first-order valence-electron chi connectivity index (χ1n) is 11.5. The molecule has 2 aliphatic rings. The minimum Gasteiger partial charge on any atom is -0.508 e. The lowest BCUT2D eigenvalue weighted by molar-refractivity contribution is 0.154. The summed E-state index contributed by atoms with van der Waals surface area (Å²) in [6.45, 7) is 2.41. The van der Waals surface area contributed by atoms with E-state index in [1.165, 1.54) is 68.9 Å². The Morgan fingerprint density at radius 1 is 0.750 bits per heavy atom. The Labute approximate surface area is 171 Å². The van der Waals surface area contributed by atoms with Crippen molar-refractivity contribution in [3.05, 3.63) is 65.7 Å². The summed E-state index contributed by atoms with van der Waals surface area (Å²) in [7, 11) is 0. The third kappa shape index (κ3) is 4.80. The molecule has 0 spiro atoms. The fraction of sp³-hybridized carbons (Fsp3) is 0.556. The van der Waals surface area contributed by atoms with Gasteiger partial charge in [-0.05, 0) is 97.8 Å². The molecule has 2 saturated carbocycles. The molecule has 28 heavy (non-hydrogen) atoms. The molecule has 0 radical (unpaired) electrons. The van der Waals surface area contributed by atoms with Crippen molar-refractivity contribution in [3.63, 3.8) is 0 Å². The van der Waals surface area contributed by atoms with E-state index in [0.29, 0.717) is 17.6 Å². The summed E-state index contributed by atoms with van der Waals surface area (Å²) >= 11 is 0. The van der Waals surface area contributed by atoms with Crippen molar-refractivity contribution >= 4 is 0 Å². The summed E-state index contributed by atoms with van der Waals surface area (Å²) in [5.74, 6) is 4.66. The van der Waals surface area contributed by atoms with Crippen LogP contribution in [-0.2, 0) is 0 Å². The van der Waals surface area contributed by atoms with E-state index in [1.807, 2.05) is 12.1 Å². The van der Waals surface area contributed by atoms with E-state index in [-0.39, 0.29) is 0 Å². The van der Waals surface area contributed by atoms with Crippen molar-refractivity contribution in [2.75, 3.05) is 0 Å². The topological polar surface area (TPSA) is 20.2 Å². The third-order valence-electron chi connectivity index (χ3n) is 7.75. The number of benzene rings is 2. The van der Waals surface area contributed by atoms with Crippen molar-refractivity contribution < 1.29 is 5.11 Å². The zero-order valence-electron chi connectivity index (χ0n) is 17.4. The molecule has 150 valence electrons. The molecule has 2 aliphatic carbocycles. The van der Waals surface area contributed by atoms with Crippen molar-refractivity contribution in [2.24, 2.45) is 17.8 Å². The maximum absolute atomic E-state index is 9.51. The summed E-state index contributed by atoms with van der Waals surface area (Å²) in [5, 5.41) is 9.51. The van der Waals surface area contributed by atoms with Crippen LogP contribution in [0.1, 0.15) is 87.7 Å². The summed E-state index contributed by atoms with van der Waals surface area (Å²) in [5.41, 5.74) is 2.94. The molecular weight excluding hydrogens is 340 g/mol. The fourth-order valence-corrected chi connectivity index (χ4v) is 5.98. The highest BCUT2D eigenvalue weighted by Crippen LogP contribution is 2.45. The molecule has 0 amide bonds. The Hall–Kier alpha value is -1.76. The van der Waals surface area contributed by atoms with E-state index in [4.69, 9.17) is 0 Å². The van der Waals surface area contributed by atoms with E-state index in [9.17, 15) is 5.11 Å². The van der Waals surface area contributed by atoms with Gasteiger partial charge in [-0.25, -0.2) is 0 Å². The Balaban J connectivity index is 1.22. The van der Waals surface area contributed by atoms with E-state index in [2.05, 4.69) is 49.4 Å². The standard InChI is InChI=1S/C27H36O/c1-20(22-5-3-2-4-6-22)19-21-7-9-23(10-8-21)24-11-13-25(14-12-24)26-15-17-27(28)18-16-26/h2-6,15-18,20-21,23-25,28H,7-14,19H2,1H3/t20-,21?,23?,24?,25?/m0/s1. The molecule has 0 heterocycles. The molecule has 4 rings (SSSR count). The van der Waals surface area contributed by atoms with Crippen LogP contribution >= 0.6 is 0 Å². The molecule has 0 bridgehead atoms. The smallest absolute Gasteiger partial charge is 0.115 e. The van der Waals surface area contributed by atoms with E-state index in [1.54, 1.807) is 0 Å². The molecule has 2 fully saturated rings. The van der Waals surface area contributed by atoms with Crippen LogP contribution in [0.4, 0.5) is 0 Å². The van der Waals surface area contributed by atoms with Gasteiger partial charge in [0.05, 0.1) is 0 Å². The van der Waals surface area contributed by atoms with Crippen LogP contribution in [0, 0.1) is 17.8 Å². The second kappa shape index (κ2) is 9.16. The highest BCUT2D eigenvalue weighted by molar-refractivity contribution is 5.28. The van der Waals surface area contributed by atoms with Gasteiger partial charge in [-0.2, -0.15) is 0 Å². The molecule has 0 saturated heterocycles. The van der Waals surface area contributed by atoms with Crippen LogP contribution in [-0.4, -0.2) is 5.11 Å². The van der Waals surface area contributed by atoms with E-state index in [0.717, 1.165) is 17.8 Å². The largest absolute Gasteiger partial charge is 0.508 e. The molecule has 2 aromatic carbocycles. The minimum atomic E-state index is 0.385. The average Bonchev–Trinajstić information content (AvgIpc) is 2.76. The molecule has 0 aromatic heterocycles. The molecule has 1 nitrogen and oxygen atoms in total. The lowest BCUT2D eigenvalue weighted by Gasteiger charge is -2.38. The van der Waals surface area contributed by atoms with Crippen molar-refractivity contribution in [3.8, 4) is 5.75 Å². The van der Waals surface area contributed by atoms with Gasteiger partial charge in [0.1, 0.15) is 5.75 Å². The van der Waals surface area contributed by atoms with Gasteiger partial charge in [-0.3, -0.25) is 0 Å². The van der Waals surface area contributed by atoms with Crippen molar-refractivity contribution in [1.29, 1.82) is 0 Å². The molecule has 1 heteroatoms. The minimum absolute atomic E-state index is 0.385. The highest BCUT2D eigenvalue weighted by Gasteiger charge is 2.31. The predicted octanol–water partition coefficient (Wildman–Crippen LogP) is 7.67. The number of hydrogen-bond acceptors (Lipinski definition) is 1. The number of rotatable bonds is 5. The molecular formula is C27H36O. The van der Waals surface area contributed by atoms with Gasteiger partial charge in [0.2, 0.25) is 0 Å².